The summed E-state index contributed by atoms with van der Waals surface area (Å²) in [4.78, 5) is 2.09. The van der Waals surface area contributed by atoms with Gasteiger partial charge in [0.25, 0.3) is 10.0 Å². The number of hydrogen-bond acceptors (Lipinski definition) is 6. The maximum atomic E-state index is 12.1. The number of sulfonamides is 1. The van der Waals surface area contributed by atoms with E-state index in [1.807, 2.05) is 0 Å². The number of hydrogen-bond donors (Lipinski definition) is 2. The normalized spacial score (nSPS) is 12.7. The maximum absolute atomic E-state index is 12.1. The summed E-state index contributed by atoms with van der Waals surface area (Å²) in [6, 6.07) is 3.91. The van der Waals surface area contributed by atoms with E-state index < -0.39 is 19.9 Å². The molecule has 0 amide bonds. The SMILES string of the molecule is CNc1ccc(S(C)(=O)=O)cc1S(=O)(=O)NN(C)C. The fourth-order valence-corrected chi connectivity index (χ4v) is 3.49. The predicted molar refractivity (Wildman–Crippen MR) is 73.1 cm³/mol. The number of sulfone groups is 1. The first kappa shape index (κ1) is 15.9. The van der Waals surface area contributed by atoms with Crippen LogP contribution >= 0.6 is 0 Å². The Morgan fingerprint density at radius 1 is 1.11 bits per heavy atom. The van der Waals surface area contributed by atoms with Crippen molar-refractivity contribution < 1.29 is 16.8 Å². The molecule has 1 aromatic rings. The summed E-state index contributed by atoms with van der Waals surface area (Å²) in [5.41, 5.74) is 0.321. The highest BCUT2D eigenvalue weighted by molar-refractivity contribution is 7.91. The van der Waals surface area contributed by atoms with E-state index in [0.717, 1.165) is 12.3 Å². The van der Waals surface area contributed by atoms with Crippen LogP contribution in [0.15, 0.2) is 28.0 Å². The first-order chi connectivity index (χ1) is 8.58. The summed E-state index contributed by atoms with van der Waals surface area (Å²) < 4.78 is 47.2. The minimum absolute atomic E-state index is 0.0503. The van der Waals surface area contributed by atoms with Crippen molar-refractivity contribution >= 4 is 25.5 Å². The molecule has 0 aromatic heterocycles. The second-order valence-corrected chi connectivity index (χ2v) is 7.81. The number of benzene rings is 1. The smallest absolute Gasteiger partial charge is 0.255 e. The van der Waals surface area contributed by atoms with Gasteiger partial charge in [-0.25, -0.2) is 21.8 Å². The minimum Gasteiger partial charge on any atom is -0.387 e. The van der Waals surface area contributed by atoms with Gasteiger partial charge in [0, 0.05) is 27.4 Å². The van der Waals surface area contributed by atoms with Gasteiger partial charge in [-0.3, -0.25) is 0 Å². The third-order valence-corrected chi connectivity index (χ3v) is 4.88. The van der Waals surface area contributed by atoms with Crippen molar-refractivity contribution in [2.45, 2.75) is 9.79 Å². The van der Waals surface area contributed by atoms with E-state index >= 15 is 0 Å². The molecule has 19 heavy (non-hydrogen) atoms. The molecule has 0 heterocycles. The van der Waals surface area contributed by atoms with Crippen LogP contribution in [0.5, 0.6) is 0 Å². The maximum Gasteiger partial charge on any atom is 0.255 e. The highest BCUT2D eigenvalue weighted by Gasteiger charge is 2.21. The van der Waals surface area contributed by atoms with E-state index in [-0.39, 0.29) is 9.79 Å². The van der Waals surface area contributed by atoms with Crippen LogP contribution in [0.2, 0.25) is 0 Å². The molecule has 1 rings (SSSR count). The van der Waals surface area contributed by atoms with Crippen LogP contribution < -0.4 is 10.1 Å². The molecule has 0 saturated carbocycles. The molecule has 0 bridgehead atoms. The van der Waals surface area contributed by atoms with Crippen LogP contribution in [-0.2, 0) is 19.9 Å². The summed E-state index contributed by atoms with van der Waals surface area (Å²) >= 11 is 0. The predicted octanol–water partition coefficient (Wildman–Crippen LogP) is -0.113. The van der Waals surface area contributed by atoms with Gasteiger partial charge in [0.15, 0.2) is 9.84 Å². The number of nitrogens with zero attached hydrogens (tertiary/aromatic N) is 1. The minimum atomic E-state index is -3.84. The van der Waals surface area contributed by atoms with Gasteiger partial charge in [-0.2, -0.15) is 0 Å². The Balaban J connectivity index is 3.48. The van der Waals surface area contributed by atoms with E-state index in [9.17, 15) is 16.8 Å². The molecular formula is C10H17N3O4S2. The van der Waals surface area contributed by atoms with Crippen molar-refractivity contribution in [3.05, 3.63) is 18.2 Å². The first-order valence-corrected chi connectivity index (χ1v) is 8.67. The van der Waals surface area contributed by atoms with Gasteiger partial charge >= 0.3 is 0 Å². The van der Waals surface area contributed by atoms with Gasteiger partial charge in [-0.15, -0.1) is 4.83 Å². The van der Waals surface area contributed by atoms with Crippen LogP contribution in [0.25, 0.3) is 0 Å². The van der Waals surface area contributed by atoms with Gasteiger partial charge in [0.1, 0.15) is 4.90 Å². The van der Waals surface area contributed by atoms with Crippen molar-refractivity contribution in [3.63, 3.8) is 0 Å². The third kappa shape index (κ3) is 3.90. The van der Waals surface area contributed by atoms with Crippen LogP contribution in [0.4, 0.5) is 5.69 Å². The summed E-state index contributed by atoms with van der Waals surface area (Å²) in [6.45, 7) is 0. The lowest BCUT2D eigenvalue weighted by Gasteiger charge is -2.15. The van der Waals surface area contributed by atoms with Crippen molar-refractivity contribution in [2.75, 3.05) is 32.7 Å². The van der Waals surface area contributed by atoms with E-state index in [2.05, 4.69) is 10.1 Å². The Morgan fingerprint density at radius 3 is 2.11 bits per heavy atom. The summed E-state index contributed by atoms with van der Waals surface area (Å²) in [6.07, 6.45) is 1.02. The zero-order valence-electron chi connectivity index (χ0n) is 11.1. The molecule has 2 N–H and O–H groups in total. The standard InChI is InChI=1S/C10H17N3O4S2/c1-11-9-6-5-8(18(4,14)15)7-10(9)19(16,17)12-13(2)3/h5-7,11-12H,1-4H3. The van der Waals surface area contributed by atoms with Crippen LogP contribution in [0.3, 0.4) is 0 Å². The number of anilines is 1. The van der Waals surface area contributed by atoms with E-state index in [4.69, 9.17) is 0 Å². The van der Waals surface area contributed by atoms with Crippen LogP contribution in [-0.4, -0.2) is 49.2 Å². The zero-order valence-corrected chi connectivity index (χ0v) is 12.8. The number of rotatable bonds is 5. The van der Waals surface area contributed by atoms with Crippen molar-refractivity contribution in [2.24, 2.45) is 0 Å². The molecule has 0 saturated heterocycles. The molecule has 0 aliphatic heterocycles. The van der Waals surface area contributed by atoms with Gasteiger partial charge < -0.3 is 5.32 Å². The van der Waals surface area contributed by atoms with E-state index in [0.29, 0.717) is 5.69 Å². The van der Waals surface area contributed by atoms with Crippen molar-refractivity contribution in [1.82, 2.24) is 9.84 Å². The number of hydrazine groups is 1. The molecule has 7 nitrogen and oxygen atoms in total. The molecule has 0 atom stereocenters. The first-order valence-electron chi connectivity index (χ1n) is 5.29. The molecule has 0 aliphatic rings. The molecule has 0 radical (unpaired) electrons. The Bertz CT molecular complexity index is 666. The molecule has 1 aromatic carbocycles. The van der Waals surface area contributed by atoms with E-state index in [1.165, 1.54) is 31.2 Å². The molecular weight excluding hydrogens is 290 g/mol. The van der Waals surface area contributed by atoms with Gasteiger partial charge in [-0.05, 0) is 18.2 Å². The number of nitrogens with one attached hydrogen (secondary N) is 2. The summed E-state index contributed by atoms with van der Waals surface area (Å²) in [5, 5.41) is 3.99. The average molecular weight is 307 g/mol. The Kier molecular flexibility index (Phi) is 4.56. The van der Waals surface area contributed by atoms with Gasteiger partial charge in [0.2, 0.25) is 0 Å². The van der Waals surface area contributed by atoms with Crippen LogP contribution in [0.1, 0.15) is 0 Å². The lowest BCUT2D eigenvalue weighted by atomic mass is 10.3. The topological polar surface area (TPSA) is 95.6 Å². The van der Waals surface area contributed by atoms with Gasteiger partial charge in [-0.1, -0.05) is 0 Å². The monoisotopic (exact) mass is 307 g/mol. The third-order valence-electron chi connectivity index (χ3n) is 2.24. The van der Waals surface area contributed by atoms with Gasteiger partial charge in [0.05, 0.1) is 10.6 Å². The largest absolute Gasteiger partial charge is 0.387 e. The highest BCUT2D eigenvalue weighted by atomic mass is 32.2. The Labute approximate surface area is 113 Å². The second-order valence-electron chi connectivity index (χ2n) is 4.17. The molecule has 108 valence electrons. The van der Waals surface area contributed by atoms with E-state index in [1.54, 1.807) is 7.05 Å². The fraction of sp³-hybridized carbons (Fsp3) is 0.400. The molecule has 9 heteroatoms. The molecule has 0 spiro atoms. The average Bonchev–Trinajstić information content (AvgIpc) is 2.25. The van der Waals surface area contributed by atoms with Crippen molar-refractivity contribution in [3.8, 4) is 0 Å². The lowest BCUT2D eigenvalue weighted by Crippen LogP contribution is -2.36. The second kappa shape index (κ2) is 5.45. The Hall–Kier alpha value is -1.16. The zero-order chi connectivity index (χ0) is 14.8. The quantitative estimate of drug-likeness (QED) is 0.737. The lowest BCUT2D eigenvalue weighted by molar-refractivity contribution is 0.364. The molecule has 0 aliphatic carbocycles. The summed E-state index contributed by atoms with van der Waals surface area (Å²) in [7, 11) is -2.70. The molecule has 0 unspecified atom stereocenters. The Morgan fingerprint density at radius 2 is 1.68 bits per heavy atom. The molecule has 0 fully saturated rings. The van der Waals surface area contributed by atoms with Crippen LogP contribution in [0, 0.1) is 0 Å². The van der Waals surface area contributed by atoms with Crippen molar-refractivity contribution in [1.29, 1.82) is 0 Å². The summed E-state index contributed by atoms with van der Waals surface area (Å²) in [5.74, 6) is 0. The highest BCUT2D eigenvalue weighted by Crippen LogP contribution is 2.24. The fourth-order valence-electron chi connectivity index (χ4n) is 1.45.